The van der Waals surface area contributed by atoms with Gasteiger partial charge in [0.05, 0.1) is 29.3 Å². The molecule has 0 aliphatic heterocycles. The predicted octanol–water partition coefficient (Wildman–Crippen LogP) is 4.97. The molecular formula is C27H20N8O. The third-order valence-electron chi connectivity index (χ3n) is 6.41. The van der Waals surface area contributed by atoms with E-state index in [0.717, 1.165) is 62.9 Å². The molecule has 36 heavy (non-hydrogen) atoms. The van der Waals surface area contributed by atoms with Crippen molar-refractivity contribution in [2.75, 3.05) is 5.32 Å². The van der Waals surface area contributed by atoms with Gasteiger partial charge in [0.2, 0.25) is 5.91 Å². The number of carbonyl (C=O) groups is 1. The highest BCUT2D eigenvalue weighted by Crippen LogP contribution is 2.34. The number of hydrogen-bond acceptors (Lipinski definition) is 6. The van der Waals surface area contributed by atoms with E-state index in [2.05, 4.69) is 41.3 Å². The SMILES string of the molecule is O=C(Nc1cncc(-c2cnc3[nH]cc(-c4nc5c(-c6ccccn6)cncc5[nH]4)c3c2)c1)C1CC1. The van der Waals surface area contributed by atoms with Crippen LogP contribution < -0.4 is 5.32 Å². The van der Waals surface area contributed by atoms with Crippen molar-refractivity contribution in [2.24, 2.45) is 5.92 Å². The van der Waals surface area contributed by atoms with Crippen molar-refractivity contribution in [3.8, 4) is 33.8 Å². The number of nitrogens with one attached hydrogen (secondary N) is 3. The number of hydrogen-bond donors (Lipinski definition) is 3. The summed E-state index contributed by atoms with van der Waals surface area (Å²) in [5, 5.41) is 3.89. The van der Waals surface area contributed by atoms with Gasteiger partial charge in [-0.1, -0.05) is 6.07 Å². The first-order valence-electron chi connectivity index (χ1n) is 11.7. The maximum Gasteiger partial charge on any atom is 0.227 e. The number of fused-ring (bicyclic) bond motifs is 2. The van der Waals surface area contributed by atoms with Crippen LogP contribution in [0.2, 0.25) is 0 Å². The topological polar surface area (TPSA) is 125 Å². The zero-order chi connectivity index (χ0) is 24.1. The average Bonchev–Trinajstić information content (AvgIpc) is 3.55. The van der Waals surface area contributed by atoms with E-state index >= 15 is 0 Å². The standard InChI is InChI=1S/C27H20N8O/c36-27(15-4-5-15)33-18-7-16(9-28-11-18)17-8-19-20(13-32-25(19)31-10-17)26-34-23-14-29-12-21(24(23)35-26)22-3-1-2-6-30-22/h1-3,6-15H,4-5H2,(H,31,32)(H,33,36)(H,34,35). The first-order valence-corrected chi connectivity index (χ1v) is 11.7. The third-order valence-corrected chi connectivity index (χ3v) is 6.41. The molecule has 0 atom stereocenters. The largest absolute Gasteiger partial charge is 0.345 e. The summed E-state index contributed by atoms with van der Waals surface area (Å²) >= 11 is 0. The van der Waals surface area contributed by atoms with Gasteiger partial charge in [0.25, 0.3) is 0 Å². The normalized spacial score (nSPS) is 13.3. The molecule has 0 radical (unpaired) electrons. The number of nitrogens with zero attached hydrogens (tertiary/aromatic N) is 5. The van der Waals surface area contributed by atoms with Crippen molar-refractivity contribution in [3.63, 3.8) is 0 Å². The molecule has 0 spiro atoms. The van der Waals surface area contributed by atoms with Crippen LogP contribution in [0.5, 0.6) is 0 Å². The summed E-state index contributed by atoms with van der Waals surface area (Å²) in [6, 6.07) is 9.76. The molecular weight excluding hydrogens is 452 g/mol. The summed E-state index contributed by atoms with van der Waals surface area (Å²) in [4.78, 5) is 41.5. The van der Waals surface area contributed by atoms with Crippen LogP contribution in [0.3, 0.4) is 0 Å². The Labute approximate surface area is 205 Å². The Morgan fingerprint density at radius 2 is 1.83 bits per heavy atom. The Morgan fingerprint density at radius 3 is 2.69 bits per heavy atom. The van der Waals surface area contributed by atoms with Gasteiger partial charge >= 0.3 is 0 Å². The van der Waals surface area contributed by atoms with Crippen LogP contribution in [0.1, 0.15) is 12.8 Å². The number of aromatic amines is 2. The second-order valence-electron chi connectivity index (χ2n) is 8.93. The molecule has 174 valence electrons. The molecule has 1 aliphatic carbocycles. The fraction of sp³-hybridized carbons (Fsp3) is 0.111. The maximum atomic E-state index is 12.2. The molecule has 1 aliphatic rings. The van der Waals surface area contributed by atoms with Crippen molar-refractivity contribution >= 4 is 33.7 Å². The summed E-state index contributed by atoms with van der Waals surface area (Å²) in [5.74, 6) is 0.898. The van der Waals surface area contributed by atoms with Crippen molar-refractivity contribution in [3.05, 3.63) is 73.7 Å². The number of amides is 1. The van der Waals surface area contributed by atoms with Gasteiger partial charge in [-0.25, -0.2) is 9.97 Å². The van der Waals surface area contributed by atoms with Crippen LogP contribution in [-0.4, -0.2) is 40.8 Å². The molecule has 7 rings (SSSR count). The molecule has 6 aromatic heterocycles. The fourth-order valence-electron chi connectivity index (χ4n) is 4.38. The average molecular weight is 473 g/mol. The summed E-state index contributed by atoms with van der Waals surface area (Å²) in [6.07, 6.45) is 14.4. The van der Waals surface area contributed by atoms with Crippen molar-refractivity contribution in [2.45, 2.75) is 12.8 Å². The Morgan fingerprint density at radius 1 is 0.944 bits per heavy atom. The molecule has 0 unspecified atom stereocenters. The molecule has 6 aromatic rings. The van der Waals surface area contributed by atoms with Crippen molar-refractivity contribution in [1.29, 1.82) is 0 Å². The van der Waals surface area contributed by atoms with Crippen LogP contribution in [0, 0.1) is 5.92 Å². The van der Waals surface area contributed by atoms with Crippen LogP contribution in [-0.2, 0) is 4.79 Å². The van der Waals surface area contributed by atoms with Gasteiger partial charge in [0.15, 0.2) is 0 Å². The Hall–Kier alpha value is -4.92. The minimum Gasteiger partial charge on any atom is -0.345 e. The van der Waals surface area contributed by atoms with Gasteiger partial charge in [-0.15, -0.1) is 0 Å². The van der Waals surface area contributed by atoms with Gasteiger partial charge < -0.3 is 15.3 Å². The van der Waals surface area contributed by atoms with Gasteiger partial charge in [-0.05, 0) is 37.1 Å². The highest BCUT2D eigenvalue weighted by molar-refractivity contribution is 5.98. The molecule has 3 N–H and O–H groups in total. The molecule has 0 bridgehead atoms. The maximum absolute atomic E-state index is 12.2. The number of pyridine rings is 4. The number of imidazole rings is 1. The summed E-state index contributed by atoms with van der Waals surface area (Å²) < 4.78 is 0. The van der Waals surface area contributed by atoms with Gasteiger partial charge in [-0.3, -0.25) is 19.7 Å². The summed E-state index contributed by atoms with van der Waals surface area (Å²) in [5.41, 5.74) is 7.42. The predicted molar refractivity (Wildman–Crippen MR) is 137 cm³/mol. The highest BCUT2D eigenvalue weighted by Gasteiger charge is 2.29. The smallest absolute Gasteiger partial charge is 0.227 e. The molecule has 1 fully saturated rings. The zero-order valence-electron chi connectivity index (χ0n) is 19.1. The second kappa shape index (κ2) is 8.09. The van der Waals surface area contributed by atoms with E-state index in [0.29, 0.717) is 11.5 Å². The lowest BCUT2D eigenvalue weighted by Crippen LogP contribution is -2.13. The first kappa shape index (κ1) is 20.5. The van der Waals surface area contributed by atoms with E-state index in [9.17, 15) is 4.79 Å². The Kier molecular flexibility index (Phi) is 4.60. The summed E-state index contributed by atoms with van der Waals surface area (Å²) in [6.45, 7) is 0. The Balaban J connectivity index is 1.28. The molecule has 0 saturated heterocycles. The van der Waals surface area contributed by atoms with Gasteiger partial charge in [-0.2, -0.15) is 0 Å². The van der Waals surface area contributed by atoms with E-state index in [1.165, 1.54) is 0 Å². The highest BCUT2D eigenvalue weighted by atomic mass is 16.2. The first-order chi connectivity index (χ1) is 17.7. The minimum atomic E-state index is 0.0555. The van der Waals surface area contributed by atoms with E-state index in [-0.39, 0.29) is 11.8 Å². The number of carbonyl (C=O) groups excluding carboxylic acids is 1. The number of rotatable bonds is 5. The monoisotopic (exact) mass is 472 g/mol. The molecule has 1 saturated carbocycles. The number of aromatic nitrogens is 7. The van der Waals surface area contributed by atoms with Crippen LogP contribution in [0.15, 0.2) is 73.7 Å². The Bertz CT molecular complexity index is 1750. The van der Waals surface area contributed by atoms with Crippen molar-refractivity contribution < 1.29 is 4.79 Å². The molecule has 1 amide bonds. The fourth-order valence-corrected chi connectivity index (χ4v) is 4.38. The molecule has 0 aromatic carbocycles. The van der Waals surface area contributed by atoms with E-state index < -0.39 is 0 Å². The summed E-state index contributed by atoms with van der Waals surface area (Å²) in [7, 11) is 0. The van der Waals surface area contributed by atoms with Gasteiger partial charge in [0.1, 0.15) is 17.0 Å². The van der Waals surface area contributed by atoms with Crippen LogP contribution in [0.25, 0.3) is 55.8 Å². The van der Waals surface area contributed by atoms with Gasteiger partial charge in [0, 0.05) is 64.5 Å². The van der Waals surface area contributed by atoms with Crippen LogP contribution in [0.4, 0.5) is 5.69 Å². The van der Waals surface area contributed by atoms with E-state index in [1.807, 2.05) is 30.5 Å². The third kappa shape index (κ3) is 3.58. The quantitative estimate of drug-likeness (QED) is 0.325. The van der Waals surface area contributed by atoms with Crippen molar-refractivity contribution in [1.82, 2.24) is 34.9 Å². The zero-order valence-corrected chi connectivity index (χ0v) is 19.1. The van der Waals surface area contributed by atoms with Crippen LogP contribution >= 0.6 is 0 Å². The lowest BCUT2D eigenvalue weighted by Gasteiger charge is -2.07. The molecule has 9 heteroatoms. The number of anilines is 1. The van der Waals surface area contributed by atoms with E-state index in [1.54, 1.807) is 37.2 Å². The molecule has 6 heterocycles. The van der Waals surface area contributed by atoms with E-state index in [4.69, 9.17) is 4.98 Å². The minimum absolute atomic E-state index is 0.0555. The second-order valence-corrected chi connectivity index (χ2v) is 8.93. The lowest BCUT2D eigenvalue weighted by molar-refractivity contribution is -0.117. The number of H-pyrrole nitrogens is 2. The lowest BCUT2D eigenvalue weighted by atomic mass is 10.1. The molecule has 9 nitrogen and oxygen atoms in total.